The standard InChI is InChI=1S/C34H44O9/c1-33(37-3)34(2,38-4)43-32(30(36)28(20-35)40-22-26-16-10-6-11-17-26)31(42-33)29(41-23-27-18-12-7-13-19-27)24-39-21-25-14-8-5-9-15-25/h5-19,28-32,35-36H,20-24H2,1-4H3/t28-,29-,30-,31+,32+,33?,34?/m1/s1. The zero-order valence-electron chi connectivity index (χ0n) is 25.3. The molecular weight excluding hydrogens is 552 g/mol. The molecule has 3 aromatic rings. The van der Waals surface area contributed by atoms with Crippen LogP contribution in [0.25, 0.3) is 0 Å². The van der Waals surface area contributed by atoms with Gasteiger partial charge in [-0.15, -0.1) is 0 Å². The highest BCUT2D eigenvalue weighted by Crippen LogP contribution is 2.42. The third kappa shape index (κ3) is 8.48. The molecule has 1 heterocycles. The van der Waals surface area contributed by atoms with Crippen LogP contribution in [0.1, 0.15) is 30.5 Å². The van der Waals surface area contributed by atoms with Gasteiger partial charge in [0.2, 0.25) is 11.6 Å². The summed E-state index contributed by atoms with van der Waals surface area (Å²) >= 11 is 0. The van der Waals surface area contributed by atoms with Crippen LogP contribution in [-0.2, 0) is 53.0 Å². The molecule has 234 valence electrons. The average molecular weight is 597 g/mol. The molecular formula is C34H44O9. The van der Waals surface area contributed by atoms with Crippen molar-refractivity contribution in [3.63, 3.8) is 0 Å². The third-order valence-corrected chi connectivity index (χ3v) is 7.92. The van der Waals surface area contributed by atoms with Gasteiger partial charge in [-0.25, -0.2) is 0 Å². The SMILES string of the molecule is COC1(C)O[C@@H]([C@@H](COCc2ccccc2)OCc2ccccc2)[C@H]([C@H](O)[C@@H](CO)OCc2ccccc2)OC1(C)OC. The highest BCUT2D eigenvalue weighted by molar-refractivity contribution is 5.15. The molecule has 0 saturated carbocycles. The number of benzene rings is 3. The van der Waals surface area contributed by atoms with Crippen molar-refractivity contribution in [2.24, 2.45) is 0 Å². The third-order valence-electron chi connectivity index (χ3n) is 7.92. The second-order valence-electron chi connectivity index (χ2n) is 10.8. The minimum atomic E-state index is -1.42. The molecule has 0 aromatic heterocycles. The van der Waals surface area contributed by atoms with E-state index < -0.39 is 48.7 Å². The van der Waals surface area contributed by atoms with Crippen LogP contribution in [0.2, 0.25) is 0 Å². The minimum absolute atomic E-state index is 0.122. The predicted octanol–water partition coefficient (Wildman–Crippen LogP) is 4.24. The van der Waals surface area contributed by atoms with Gasteiger partial charge in [0.15, 0.2) is 0 Å². The number of rotatable bonds is 16. The Morgan fingerprint density at radius 2 is 1.12 bits per heavy atom. The molecule has 4 rings (SSSR count). The monoisotopic (exact) mass is 596 g/mol. The number of aliphatic hydroxyl groups excluding tert-OH is 2. The molecule has 0 aliphatic carbocycles. The van der Waals surface area contributed by atoms with Crippen LogP contribution < -0.4 is 0 Å². The average Bonchev–Trinajstić information content (AvgIpc) is 3.05. The van der Waals surface area contributed by atoms with Gasteiger partial charge < -0.3 is 43.4 Å². The summed E-state index contributed by atoms with van der Waals surface area (Å²) in [4.78, 5) is 0. The summed E-state index contributed by atoms with van der Waals surface area (Å²) in [6.45, 7) is 3.86. The molecule has 0 radical (unpaired) electrons. The first-order valence-electron chi connectivity index (χ1n) is 14.5. The Bertz CT molecular complexity index is 1200. The molecule has 3 aromatic carbocycles. The first-order valence-corrected chi connectivity index (χ1v) is 14.5. The van der Waals surface area contributed by atoms with E-state index in [0.29, 0.717) is 6.61 Å². The number of ether oxygens (including phenoxy) is 7. The van der Waals surface area contributed by atoms with Gasteiger partial charge in [0.1, 0.15) is 30.5 Å². The number of hydrogen-bond donors (Lipinski definition) is 2. The maximum absolute atomic E-state index is 11.7. The van der Waals surface area contributed by atoms with Crippen molar-refractivity contribution >= 4 is 0 Å². The molecule has 1 aliphatic rings. The summed E-state index contributed by atoms with van der Waals surface area (Å²) in [5, 5.41) is 22.0. The Kier molecular flexibility index (Phi) is 12.2. The van der Waals surface area contributed by atoms with Gasteiger partial charge in [0, 0.05) is 14.2 Å². The van der Waals surface area contributed by atoms with Crippen molar-refractivity contribution in [2.75, 3.05) is 27.4 Å². The summed E-state index contributed by atoms with van der Waals surface area (Å²) in [5.74, 6) is -2.80. The highest BCUT2D eigenvalue weighted by Gasteiger charge is 2.60. The van der Waals surface area contributed by atoms with Crippen molar-refractivity contribution in [1.82, 2.24) is 0 Å². The molecule has 1 fully saturated rings. The topological polar surface area (TPSA) is 105 Å². The fourth-order valence-electron chi connectivity index (χ4n) is 5.02. The molecule has 9 nitrogen and oxygen atoms in total. The van der Waals surface area contributed by atoms with E-state index in [-0.39, 0.29) is 19.8 Å². The fraction of sp³-hybridized carbons (Fsp3) is 0.471. The Morgan fingerprint density at radius 1 is 0.674 bits per heavy atom. The van der Waals surface area contributed by atoms with Gasteiger partial charge >= 0.3 is 0 Å². The lowest BCUT2D eigenvalue weighted by atomic mass is 9.94. The lowest BCUT2D eigenvalue weighted by molar-refractivity contribution is -0.463. The number of aliphatic hydroxyl groups is 2. The summed E-state index contributed by atoms with van der Waals surface area (Å²) in [6, 6.07) is 29.1. The second-order valence-corrected chi connectivity index (χ2v) is 10.8. The summed E-state index contributed by atoms with van der Waals surface area (Å²) < 4.78 is 43.2. The van der Waals surface area contributed by atoms with Gasteiger partial charge in [-0.3, -0.25) is 0 Å². The normalized spacial score (nSPS) is 26.1. The van der Waals surface area contributed by atoms with Crippen LogP contribution in [0.3, 0.4) is 0 Å². The first kappa shape index (κ1) is 33.2. The molecule has 1 saturated heterocycles. The van der Waals surface area contributed by atoms with E-state index in [1.165, 1.54) is 14.2 Å². The van der Waals surface area contributed by atoms with Crippen LogP contribution >= 0.6 is 0 Å². The highest BCUT2D eigenvalue weighted by atomic mass is 16.8. The minimum Gasteiger partial charge on any atom is -0.394 e. The van der Waals surface area contributed by atoms with E-state index in [9.17, 15) is 10.2 Å². The van der Waals surface area contributed by atoms with Gasteiger partial charge in [-0.1, -0.05) is 91.0 Å². The molecule has 43 heavy (non-hydrogen) atoms. The van der Waals surface area contributed by atoms with Gasteiger partial charge in [-0.05, 0) is 30.5 Å². The molecule has 2 N–H and O–H groups in total. The van der Waals surface area contributed by atoms with Crippen LogP contribution in [0.5, 0.6) is 0 Å². The molecule has 0 bridgehead atoms. The van der Waals surface area contributed by atoms with Crippen molar-refractivity contribution in [3.05, 3.63) is 108 Å². The smallest absolute Gasteiger partial charge is 0.220 e. The second kappa shape index (κ2) is 15.9. The summed E-state index contributed by atoms with van der Waals surface area (Å²) in [6.07, 6.45) is -5.00. The molecule has 0 spiro atoms. The Morgan fingerprint density at radius 3 is 1.58 bits per heavy atom. The Labute approximate surface area is 254 Å². The molecule has 7 atom stereocenters. The summed E-state index contributed by atoms with van der Waals surface area (Å²) in [5.41, 5.74) is 2.86. The van der Waals surface area contributed by atoms with Crippen molar-refractivity contribution in [3.8, 4) is 0 Å². The predicted molar refractivity (Wildman–Crippen MR) is 160 cm³/mol. The van der Waals surface area contributed by atoms with Crippen LogP contribution in [-0.4, -0.2) is 79.7 Å². The quantitative estimate of drug-likeness (QED) is 0.251. The fourth-order valence-corrected chi connectivity index (χ4v) is 5.02. The summed E-state index contributed by atoms with van der Waals surface area (Å²) in [7, 11) is 2.98. The van der Waals surface area contributed by atoms with Gasteiger partial charge in [0.25, 0.3) is 0 Å². The Hall–Kier alpha value is -2.70. The maximum atomic E-state index is 11.7. The number of methoxy groups -OCH3 is 2. The lowest BCUT2D eigenvalue weighted by Crippen LogP contribution is -2.70. The lowest BCUT2D eigenvalue weighted by Gasteiger charge is -2.54. The molecule has 0 amide bonds. The Balaban J connectivity index is 1.61. The number of hydrogen-bond acceptors (Lipinski definition) is 9. The maximum Gasteiger partial charge on any atom is 0.220 e. The molecule has 2 unspecified atom stereocenters. The van der Waals surface area contributed by atoms with E-state index in [4.69, 9.17) is 33.2 Å². The van der Waals surface area contributed by atoms with Crippen molar-refractivity contribution in [1.29, 1.82) is 0 Å². The van der Waals surface area contributed by atoms with Gasteiger partial charge in [0.05, 0.1) is 33.0 Å². The van der Waals surface area contributed by atoms with Crippen LogP contribution in [0.15, 0.2) is 91.0 Å². The first-order chi connectivity index (χ1) is 20.8. The zero-order valence-corrected chi connectivity index (χ0v) is 25.3. The largest absolute Gasteiger partial charge is 0.394 e. The van der Waals surface area contributed by atoms with Crippen molar-refractivity contribution < 1.29 is 43.4 Å². The van der Waals surface area contributed by atoms with E-state index in [0.717, 1.165) is 16.7 Å². The van der Waals surface area contributed by atoms with E-state index in [1.54, 1.807) is 13.8 Å². The van der Waals surface area contributed by atoms with E-state index in [1.807, 2.05) is 91.0 Å². The van der Waals surface area contributed by atoms with E-state index >= 15 is 0 Å². The zero-order chi connectivity index (χ0) is 30.7. The van der Waals surface area contributed by atoms with E-state index in [2.05, 4.69) is 0 Å². The van der Waals surface area contributed by atoms with Crippen molar-refractivity contribution in [2.45, 2.75) is 75.8 Å². The van der Waals surface area contributed by atoms with Crippen LogP contribution in [0.4, 0.5) is 0 Å². The van der Waals surface area contributed by atoms with Gasteiger partial charge in [-0.2, -0.15) is 0 Å². The van der Waals surface area contributed by atoms with Crippen LogP contribution in [0, 0.1) is 0 Å². The molecule has 9 heteroatoms. The molecule has 1 aliphatic heterocycles.